The van der Waals surface area contributed by atoms with E-state index in [0.717, 1.165) is 18.5 Å². The zero-order valence-corrected chi connectivity index (χ0v) is 12.5. The first-order chi connectivity index (χ1) is 8.59. The first-order valence-corrected chi connectivity index (χ1v) is 6.55. The number of nitrogens with one attached hydrogen (secondary N) is 1. The van der Waals surface area contributed by atoms with Crippen LogP contribution in [0.4, 0.5) is 0 Å². The average Bonchev–Trinajstić information content (AvgIpc) is 2.43. The second-order valence-corrected chi connectivity index (χ2v) is 4.67. The lowest BCUT2D eigenvalue weighted by Crippen LogP contribution is -2.49. The molecule has 1 heterocycles. The molecule has 0 aliphatic heterocycles. The summed E-state index contributed by atoms with van der Waals surface area (Å²) in [6, 6.07) is 5.73. The number of aromatic nitrogens is 1. The predicted octanol–water partition coefficient (Wildman–Crippen LogP) is 2.07. The highest BCUT2D eigenvalue weighted by molar-refractivity contribution is 5.85. The molecule has 4 nitrogen and oxygen atoms in total. The van der Waals surface area contributed by atoms with Gasteiger partial charge in [-0.1, -0.05) is 19.9 Å². The van der Waals surface area contributed by atoms with Gasteiger partial charge < -0.3 is 11.1 Å². The molecule has 1 aromatic heterocycles. The Balaban J connectivity index is 0.00000324. The van der Waals surface area contributed by atoms with Crippen molar-refractivity contribution in [2.24, 2.45) is 5.73 Å². The largest absolute Gasteiger partial charge is 0.354 e. The van der Waals surface area contributed by atoms with Gasteiger partial charge in [0, 0.05) is 30.4 Å². The summed E-state index contributed by atoms with van der Waals surface area (Å²) in [5.41, 5.74) is 6.79. The van der Waals surface area contributed by atoms with Crippen LogP contribution >= 0.6 is 12.4 Å². The smallest absolute Gasteiger partial charge is 0.220 e. The van der Waals surface area contributed by atoms with Crippen LogP contribution in [0.5, 0.6) is 0 Å². The van der Waals surface area contributed by atoms with E-state index < -0.39 is 0 Å². The standard InChI is InChI=1S/C14H23N3O.ClH/c1-3-14(15,4-2)11-17-13(18)9-8-12-7-5-6-10-16-12;/h5-7,10H,3-4,8-9,11,15H2,1-2H3,(H,17,18);1H. The number of nitrogens with zero attached hydrogens (tertiary/aromatic N) is 1. The summed E-state index contributed by atoms with van der Waals surface area (Å²) in [6.45, 7) is 4.63. The minimum absolute atomic E-state index is 0. The van der Waals surface area contributed by atoms with Crippen molar-refractivity contribution in [1.82, 2.24) is 10.3 Å². The first-order valence-electron chi connectivity index (χ1n) is 6.55. The summed E-state index contributed by atoms with van der Waals surface area (Å²) in [4.78, 5) is 15.9. The van der Waals surface area contributed by atoms with Crippen LogP contribution in [0.25, 0.3) is 0 Å². The molecule has 0 bridgehead atoms. The van der Waals surface area contributed by atoms with Crippen molar-refractivity contribution >= 4 is 18.3 Å². The molecule has 1 aromatic rings. The number of aryl methyl sites for hydroxylation is 1. The molecule has 19 heavy (non-hydrogen) atoms. The number of rotatable bonds is 7. The Morgan fingerprint density at radius 2 is 2.05 bits per heavy atom. The topological polar surface area (TPSA) is 68.0 Å². The van der Waals surface area contributed by atoms with E-state index in [1.807, 2.05) is 32.0 Å². The molecule has 1 amide bonds. The number of pyridine rings is 1. The number of halogens is 1. The van der Waals surface area contributed by atoms with Gasteiger partial charge in [0.15, 0.2) is 0 Å². The van der Waals surface area contributed by atoms with Crippen LogP contribution in [-0.4, -0.2) is 23.0 Å². The first kappa shape index (κ1) is 17.9. The van der Waals surface area contributed by atoms with Gasteiger partial charge in [0.1, 0.15) is 0 Å². The van der Waals surface area contributed by atoms with E-state index in [2.05, 4.69) is 10.3 Å². The lowest BCUT2D eigenvalue weighted by molar-refractivity contribution is -0.121. The zero-order valence-electron chi connectivity index (χ0n) is 11.7. The summed E-state index contributed by atoms with van der Waals surface area (Å²) in [7, 11) is 0. The van der Waals surface area contributed by atoms with Gasteiger partial charge in [-0.2, -0.15) is 0 Å². The van der Waals surface area contributed by atoms with Crippen molar-refractivity contribution in [2.75, 3.05) is 6.54 Å². The summed E-state index contributed by atoms with van der Waals surface area (Å²) in [5.74, 6) is 0.0392. The maximum Gasteiger partial charge on any atom is 0.220 e. The molecule has 3 N–H and O–H groups in total. The minimum Gasteiger partial charge on any atom is -0.354 e. The normalized spacial score (nSPS) is 10.7. The Morgan fingerprint density at radius 3 is 2.58 bits per heavy atom. The molecular formula is C14H24ClN3O. The van der Waals surface area contributed by atoms with Crippen molar-refractivity contribution in [3.63, 3.8) is 0 Å². The molecule has 5 heteroatoms. The quantitative estimate of drug-likeness (QED) is 0.806. The monoisotopic (exact) mass is 285 g/mol. The third-order valence-corrected chi connectivity index (χ3v) is 3.38. The van der Waals surface area contributed by atoms with E-state index in [4.69, 9.17) is 5.73 Å². The second-order valence-electron chi connectivity index (χ2n) is 4.67. The van der Waals surface area contributed by atoms with Crippen molar-refractivity contribution in [3.05, 3.63) is 30.1 Å². The fourth-order valence-corrected chi connectivity index (χ4v) is 1.65. The molecule has 0 saturated carbocycles. The Hall–Kier alpha value is -1.13. The highest BCUT2D eigenvalue weighted by atomic mass is 35.5. The van der Waals surface area contributed by atoms with E-state index in [-0.39, 0.29) is 23.9 Å². The Labute approximate surface area is 121 Å². The third kappa shape index (κ3) is 6.55. The lowest BCUT2D eigenvalue weighted by Gasteiger charge is -2.26. The van der Waals surface area contributed by atoms with Crippen LogP contribution in [0, 0.1) is 0 Å². The molecule has 0 saturated heterocycles. The molecule has 0 aromatic carbocycles. The Kier molecular flexibility index (Phi) is 8.35. The molecule has 0 spiro atoms. The number of carbonyl (C=O) groups is 1. The van der Waals surface area contributed by atoms with Gasteiger partial charge in [-0.15, -0.1) is 12.4 Å². The van der Waals surface area contributed by atoms with Crippen LogP contribution in [0.15, 0.2) is 24.4 Å². The fourth-order valence-electron chi connectivity index (χ4n) is 1.65. The number of nitrogens with two attached hydrogens (primary N) is 1. The van der Waals surface area contributed by atoms with E-state index in [9.17, 15) is 4.79 Å². The number of amides is 1. The van der Waals surface area contributed by atoms with Crippen LogP contribution in [-0.2, 0) is 11.2 Å². The van der Waals surface area contributed by atoms with E-state index >= 15 is 0 Å². The maximum atomic E-state index is 11.7. The van der Waals surface area contributed by atoms with Gasteiger partial charge in [0.2, 0.25) is 5.91 Å². The summed E-state index contributed by atoms with van der Waals surface area (Å²) >= 11 is 0. The van der Waals surface area contributed by atoms with E-state index in [1.165, 1.54) is 0 Å². The molecule has 0 aliphatic carbocycles. The van der Waals surface area contributed by atoms with Crippen molar-refractivity contribution in [2.45, 2.75) is 45.1 Å². The van der Waals surface area contributed by atoms with Gasteiger partial charge in [-0.05, 0) is 31.4 Å². The molecular weight excluding hydrogens is 262 g/mol. The molecule has 0 aliphatic rings. The number of hydrogen-bond donors (Lipinski definition) is 2. The second kappa shape index (κ2) is 8.88. The Bertz CT molecular complexity index is 366. The zero-order chi connectivity index (χ0) is 13.4. The fraction of sp³-hybridized carbons (Fsp3) is 0.571. The van der Waals surface area contributed by atoms with Crippen molar-refractivity contribution < 1.29 is 4.79 Å². The van der Waals surface area contributed by atoms with E-state index in [1.54, 1.807) is 6.20 Å². The Morgan fingerprint density at radius 1 is 1.37 bits per heavy atom. The molecule has 108 valence electrons. The van der Waals surface area contributed by atoms with Gasteiger partial charge in [-0.25, -0.2) is 0 Å². The highest BCUT2D eigenvalue weighted by Crippen LogP contribution is 2.09. The minimum atomic E-state index is -0.277. The van der Waals surface area contributed by atoms with Gasteiger partial charge in [0.05, 0.1) is 0 Å². The molecule has 1 rings (SSSR count). The van der Waals surface area contributed by atoms with Crippen LogP contribution < -0.4 is 11.1 Å². The third-order valence-electron chi connectivity index (χ3n) is 3.38. The van der Waals surface area contributed by atoms with Crippen LogP contribution in [0.2, 0.25) is 0 Å². The SMILES string of the molecule is CCC(N)(CC)CNC(=O)CCc1ccccn1.Cl. The molecule has 0 radical (unpaired) electrons. The van der Waals surface area contributed by atoms with Gasteiger partial charge in [0.25, 0.3) is 0 Å². The molecule has 0 atom stereocenters. The van der Waals surface area contributed by atoms with Crippen LogP contribution in [0.3, 0.4) is 0 Å². The molecule has 0 fully saturated rings. The summed E-state index contributed by atoms with van der Waals surface area (Å²) in [6.07, 6.45) is 4.60. The number of hydrogen-bond acceptors (Lipinski definition) is 3. The van der Waals surface area contributed by atoms with Crippen molar-refractivity contribution in [3.8, 4) is 0 Å². The lowest BCUT2D eigenvalue weighted by atomic mass is 9.94. The summed E-state index contributed by atoms with van der Waals surface area (Å²) in [5, 5.41) is 2.90. The highest BCUT2D eigenvalue weighted by Gasteiger charge is 2.20. The summed E-state index contributed by atoms with van der Waals surface area (Å²) < 4.78 is 0. The maximum absolute atomic E-state index is 11.7. The average molecular weight is 286 g/mol. The number of carbonyl (C=O) groups excluding carboxylic acids is 1. The van der Waals surface area contributed by atoms with Gasteiger partial charge in [-0.3, -0.25) is 9.78 Å². The van der Waals surface area contributed by atoms with Crippen LogP contribution in [0.1, 0.15) is 38.8 Å². The van der Waals surface area contributed by atoms with Gasteiger partial charge >= 0.3 is 0 Å². The van der Waals surface area contributed by atoms with E-state index in [0.29, 0.717) is 19.4 Å². The molecule has 0 unspecified atom stereocenters. The van der Waals surface area contributed by atoms with Crippen molar-refractivity contribution in [1.29, 1.82) is 0 Å². The predicted molar refractivity (Wildman–Crippen MR) is 80.3 cm³/mol.